The largest absolute Gasteiger partial charge is 0.352 e. The molecule has 0 spiro atoms. The molecule has 30 heavy (non-hydrogen) atoms. The molecule has 0 aliphatic carbocycles. The zero-order chi connectivity index (χ0) is 21.1. The summed E-state index contributed by atoms with van der Waals surface area (Å²) in [6.45, 7) is 8.83. The number of rotatable bonds is 2. The SMILES string of the molecule is C=C1C=CC(N2CCN(C(=O)Cc3cccc4ccccc34)CC2)=NN1/C(C)=N\C. The summed E-state index contributed by atoms with van der Waals surface area (Å²) in [6.07, 6.45) is 4.37. The van der Waals surface area contributed by atoms with E-state index in [1.807, 2.05) is 42.2 Å². The third kappa shape index (κ3) is 3.99. The summed E-state index contributed by atoms with van der Waals surface area (Å²) in [5, 5.41) is 8.77. The maximum atomic E-state index is 12.9. The number of hydrazone groups is 1. The maximum Gasteiger partial charge on any atom is 0.227 e. The van der Waals surface area contributed by atoms with Crippen molar-refractivity contribution in [2.45, 2.75) is 13.3 Å². The summed E-state index contributed by atoms with van der Waals surface area (Å²) in [5.74, 6) is 1.85. The standard InChI is InChI=1S/C24H27N5O/c1-18-11-12-23(26-29(18)19(2)25-3)27-13-15-28(16-14-27)24(30)17-21-9-6-8-20-7-4-5-10-22(20)21/h4-12H,1,13-17H2,2-3H3/b25-19-. The number of aliphatic imine (C=N–C) groups is 1. The van der Waals surface area contributed by atoms with E-state index in [-0.39, 0.29) is 5.91 Å². The molecule has 2 aliphatic heterocycles. The predicted molar refractivity (Wildman–Crippen MR) is 122 cm³/mol. The molecule has 0 radical (unpaired) electrons. The van der Waals surface area contributed by atoms with Gasteiger partial charge in [-0.25, -0.2) is 5.01 Å². The Balaban J connectivity index is 1.40. The van der Waals surface area contributed by atoms with Gasteiger partial charge in [0, 0.05) is 33.2 Å². The lowest BCUT2D eigenvalue weighted by atomic mass is 10.0. The Morgan fingerprint density at radius 2 is 1.80 bits per heavy atom. The Hall–Kier alpha value is -3.41. The molecule has 0 N–H and O–H groups in total. The molecule has 0 bridgehead atoms. The van der Waals surface area contributed by atoms with Crippen molar-refractivity contribution in [2.75, 3.05) is 33.2 Å². The fraction of sp³-hybridized carbons (Fsp3) is 0.292. The van der Waals surface area contributed by atoms with Gasteiger partial charge in [-0.05, 0) is 35.4 Å². The van der Waals surface area contributed by atoms with E-state index in [4.69, 9.17) is 0 Å². The fourth-order valence-corrected chi connectivity index (χ4v) is 3.89. The molecule has 2 aromatic rings. The first kappa shape index (κ1) is 19.9. The van der Waals surface area contributed by atoms with Crippen molar-refractivity contribution in [1.82, 2.24) is 14.8 Å². The highest BCUT2D eigenvalue weighted by Crippen LogP contribution is 2.20. The molecule has 0 aromatic heterocycles. The lowest BCUT2D eigenvalue weighted by Crippen LogP contribution is -2.51. The third-order valence-corrected chi connectivity index (χ3v) is 5.71. The lowest BCUT2D eigenvalue weighted by molar-refractivity contribution is -0.131. The van der Waals surface area contributed by atoms with Crippen molar-refractivity contribution in [3.63, 3.8) is 0 Å². The van der Waals surface area contributed by atoms with Crippen LogP contribution < -0.4 is 0 Å². The molecule has 6 heteroatoms. The van der Waals surface area contributed by atoms with Crippen molar-refractivity contribution in [3.05, 3.63) is 72.5 Å². The van der Waals surface area contributed by atoms with Crippen LogP contribution in [-0.2, 0) is 11.2 Å². The van der Waals surface area contributed by atoms with Gasteiger partial charge in [-0.2, -0.15) is 0 Å². The van der Waals surface area contributed by atoms with E-state index in [2.05, 4.69) is 45.8 Å². The molecule has 1 saturated heterocycles. The first-order valence-electron chi connectivity index (χ1n) is 10.3. The number of fused-ring (bicyclic) bond motifs is 1. The molecular weight excluding hydrogens is 374 g/mol. The van der Waals surface area contributed by atoms with Gasteiger partial charge in [-0.1, -0.05) is 49.0 Å². The number of carbonyl (C=O) groups excluding carboxylic acids is 1. The molecule has 2 aliphatic rings. The Morgan fingerprint density at radius 3 is 2.57 bits per heavy atom. The van der Waals surface area contributed by atoms with Crippen LogP contribution in [0.3, 0.4) is 0 Å². The summed E-state index contributed by atoms with van der Waals surface area (Å²) in [5.41, 5.74) is 1.88. The Morgan fingerprint density at radius 1 is 1.07 bits per heavy atom. The van der Waals surface area contributed by atoms with Crippen LogP contribution in [0.4, 0.5) is 0 Å². The quantitative estimate of drug-likeness (QED) is 0.573. The van der Waals surface area contributed by atoms with E-state index in [0.29, 0.717) is 19.5 Å². The van der Waals surface area contributed by atoms with Gasteiger partial charge in [-0.3, -0.25) is 9.79 Å². The Bertz CT molecular complexity index is 1050. The van der Waals surface area contributed by atoms with Crippen LogP contribution in [0.15, 0.2) is 77.0 Å². The highest BCUT2D eigenvalue weighted by atomic mass is 16.2. The predicted octanol–water partition coefficient (Wildman–Crippen LogP) is 3.27. The second-order valence-electron chi connectivity index (χ2n) is 7.55. The minimum atomic E-state index is 0.177. The van der Waals surface area contributed by atoms with Crippen molar-refractivity contribution < 1.29 is 4.79 Å². The van der Waals surface area contributed by atoms with Gasteiger partial charge in [0.25, 0.3) is 0 Å². The van der Waals surface area contributed by atoms with Gasteiger partial charge in [0.05, 0.1) is 12.1 Å². The van der Waals surface area contributed by atoms with Gasteiger partial charge >= 0.3 is 0 Å². The number of carbonyl (C=O) groups is 1. The summed E-state index contributed by atoms with van der Waals surface area (Å²) in [4.78, 5) is 21.3. The summed E-state index contributed by atoms with van der Waals surface area (Å²) < 4.78 is 0. The first-order valence-corrected chi connectivity index (χ1v) is 10.3. The van der Waals surface area contributed by atoms with Crippen LogP contribution in [0.5, 0.6) is 0 Å². The van der Waals surface area contributed by atoms with Gasteiger partial charge < -0.3 is 9.80 Å². The van der Waals surface area contributed by atoms with Gasteiger partial charge in [0.2, 0.25) is 5.91 Å². The van der Waals surface area contributed by atoms with E-state index in [1.54, 1.807) is 12.1 Å². The number of nitrogens with zero attached hydrogens (tertiary/aromatic N) is 5. The molecule has 154 valence electrons. The molecule has 4 rings (SSSR count). The van der Waals surface area contributed by atoms with Crippen LogP contribution in [0.25, 0.3) is 10.8 Å². The summed E-state index contributed by atoms with van der Waals surface area (Å²) in [6, 6.07) is 14.4. The van der Waals surface area contributed by atoms with Gasteiger partial charge in [0.15, 0.2) is 0 Å². The highest BCUT2D eigenvalue weighted by molar-refractivity contribution is 5.96. The second kappa shape index (κ2) is 8.53. The summed E-state index contributed by atoms with van der Waals surface area (Å²) in [7, 11) is 1.75. The van der Waals surface area contributed by atoms with E-state index in [0.717, 1.165) is 41.4 Å². The first-order chi connectivity index (χ1) is 14.6. The zero-order valence-corrected chi connectivity index (χ0v) is 17.6. The van der Waals surface area contributed by atoms with E-state index >= 15 is 0 Å². The molecule has 2 heterocycles. The van der Waals surface area contributed by atoms with Crippen molar-refractivity contribution in [2.24, 2.45) is 10.1 Å². The van der Waals surface area contributed by atoms with Crippen LogP contribution in [-0.4, -0.2) is 65.6 Å². The molecule has 0 unspecified atom stereocenters. The summed E-state index contributed by atoms with van der Waals surface area (Å²) >= 11 is 0. The zero-order valence-electron chi connectivity index (χ0n) is 17.6. The number of piperazine rings is 1. The molecule has 6 nitrogen and oxygen atoms in total. The Labute approximate surface area is 177 Å². The molecule has 0 saturated carbocycles. The van der Waals surface area contributed by atoms with Gasteiger partial charge in [-0.15, -0.1) is 5.10 Å². The van der Waals surface area contributed by atoms with E-state index in [1.165, 1.54) is 5.39 Å². The number of hydrogen-bond acceptors (Lipinski definition) is 4. The topological polar surface area (TPSA) is 51.5 Å². The van der Waals surface area contributed by atoms with Crippen LogP contribution in [0, 0.1) is 0 Å². The maximum absolute atomic E-state index is 12.9. The molecular formula is C24H27N5O. The number of hydrogen-bond donors (Lipinski definition) is 0. The number of amidine groups is 2. The third-order valence-electron chi connectivity index (χ3n) is 5.71. The lowest BCUT2D eigenvalue weighted by Gasteiger charge is -2.37. The van der Waals surface area contributed by atoms with Crippen molar-refractivity contribution in [3.8, 4) is 0 Å². The van der Waals surface area contributed by atoms with Crippen molar-refractivity contribution in [1.29, 1.82) is 0 Å². The smallest absolute Gasteiger partial charge is 0.227 e. The van der Waals surface area contributed by atoms with Crippen LogP contribution in [0.2, 0.25) is 0 Å². The van der Waals surface area contributed by atoms with E-state index in [9.17, 15) is 4.79 Å². The average Bonchev–Trinajstić information content (AvgIpc) is 2.79. The highest BCUT2D eigenvalue weighted by Gasteiger charge is 2.25. The minimum absolute atomic E-state index is 0.177. The number of benzene rings is 2. The normalized spacial score (nSPS) is 17.5. The second-order valence-corrected chi connectivity index (χ2v) is 7.55. The Kier molecular flexibility index (Phi) is 5.65. The molecule has 2 aromatic carbocycles. The van der Waals surface area contributed by atoms with Gasteiger partial charge in [0.1, 0.15) is 11.7 Å². The number of amides is 1. The average molecular weight is 402 g/mol. The van der Waals surface area contributed by atoms with Crippen LogP contribution in [0.1, 0.15) is 12.5 Å². The molecule has 1 fully saturated rings. The monoisotopic (exact) mass is 401 g/mol. The molecule has 0 atom stereocenters. The van der Waals surface area contributed by atoms with Crippen LogP contribution >= 0.6 is 0 Å². The minimum Gasteiger partial charge on any atom is -0.352 e. The number of allylic oxidation sites excluding steroid dienone is 1. The fourth-order valence-electron chi connectivity index (χ4n) is 3.89. The molecule has 1 amide bonds. The van der Waals surface area contributed by atoms with Crippen molar-refractivity contribution >= 4 is 28.4 Å². The van der Waals surface area contributed by atoms with E-state index < -0.39 is 0 Å².